The van der Waals surface area contributed by atoms with Gasteiger partial charge in [0, 0.05) is 17.6 Å². The van der Waals surface area contributed by atoms with E-state index in [-0.39, 0.29) is 0 Å². The van der Waals surface area contributed by atoms with E-state index >= 15 is 0 Å². The molecule has 0 radical (unpaired) electrons. The van der Waals surface area contributed by atoms with Crippen molar-refractivity contribution in [2.45, 2.75) is 39.8 Å². The van der Waals surface area contributed by atoms with Crippen LogP contribution in [0, 0.1) is 5.92 Å². The van der Waals surface area contributed by atoms with Gasteiger partial charge < -0.3 is 5.32 Å². The number of rotatable bonds is 6. The number of nitrogens with zero attached hydrogens (tertiary/aromatic N) is 2. The van der Waals surface area contributed by atoms with Crippen molar-refractivity contribution in [3.05, 3.63) is 16.1 Å². The lowest BCUT2D eigenvalue weighted by molar-refractivity contribution is 0.331. The van der Waals surface area contributed by atoms with Gasteiger partial charge in [0.25, 0.3) is 0 Å². The number of likely N-dealkylation sites (tertiary alicyclic amines) is 1. The van der Waals surface area contributed by atoms with Crippen LogP contribution in [0.15, 0.2) is 6.20 Å². The van der Waals surface area contributed by atoms with Crippen molar-refractivity contribution in [1.82, 2.24) is 15.2 Å². The number of nitrogens with one attached hydrogen (secondary N) is 1. The second-order valence-electron chi connectivity index (χ2n) is 5.23. The van der Waals surface area contributed by atoms with E-state index in [9.17, 15) is 0 Å². The van der Waals surface area contributed by atoms with Crippen LogP contribution in [0.3, 0.4) is 0 Å². The largest absolute Gasteiger partial charge is 0.312 e. The Morgan fingerprint density at radius 1 is 1.41 bits per heavy atom. The molecule has 1 fully saturated rings. The highest BCUT2D eigenvalue weighted by molar-refractivity contribution is 7.11. The lowest BCUT2D eigenvalue weighted by Gasteiger charge is -2.11. The van der Waals surface area contributed by atoms with Gasteiger partial charge in [-0.25, -0.2) is 4.98 Å². The molecule has 0 saturated carbocycles. The van der Waals surface area contributed by atoms with Crippen LogP contribution < -0.4 is 5.32 Å². The molecule has 2 rings (SSSR count). The average molecular weight is 253 g/mol. The molecule has 17 heavy (non-hydrogen) atoms. The Balaban J connectivity index is 1.75. The quantitative estimate of drug-likeness (QED) is 0.844. The van der Waals surface area contributed by atoms with Crippen LogP contribution in [0.25, 0.3) is 0 Å². The predicted octanol–water partition coefficient (Wildman–Crippen LogP) is 2.48. The second-order valence-corrected chi connectivity index (χ2v) is 6.43. The topological polar surface area (TPSA) is 28.2 Å². The zero-order chi connectivity index (χ0) is 12.1. The van der Waals surface area contributed by atoms with Gasteiger partial charge in [-0.2, -0.15) is 0 Å². The molecule has 0 aliphatic carbocycles. The molecule has 1 aliphatic heterocycles. The third kappa shape index (κ3) is 4.37. The average Bonchev–Trinajstić information content (AvgIpc) is 2.90. The Morgan fingerprint density at radius 2 is 2.18 bits per heavy atom. The molecule has 1 saturated heterocycles. The molecule has 0 amide bonds. The maximum atomic E-state index is 4.51. The minimum absolute atomic E-state index is 0.715. The summed E-state index contributed by atoms with van der Waals surface area (Å²) in [5.74, 6) is 0.715. The van der Waals surface area contributed by atoms with Gasteiger partial charge >= 0.3 is 0 Å². The van der Waals surface area contributed by atoms with Crippen LogP contribution in [0.2, 0.25) is 0 Å². The molecule has 3 nitrogen and oxygen atoms in total. The zero-order valence-electron chi connectivity index (χ0n) is 10.9. The zero-order valence-corrected chi connectivity index (χ0v) is 11.7. The first kappa shape index (κ1) is 13.0. The molecule has 0 aromatic carbocycles. The Labute approximate surface area is 108 Å². The van der Waals surface area contributed by atoms with Crippen LogP contribution >= 0.6 is 11.3 Å². The van der Waals surface area contributed by atoms with Gasteiger partial charge in [-0.3, -0.25) is 4.90 Å². The second kappa shape index (κ2) is 6.47. The molecule has 1 N–H and O–H groups in total. The van der Waals surface area contributed by atoms with E-state index < -0.39 is 0 Å². The van der Waals surface area contributed by atoms with E-state index in [1.807, 2.05) is 17.5 Å². The fraction of sp³-hybridized carbons (Fsp3) is 0.769. The van der Waals surface area contributed by atoms with E-state index in [1.165, 1.54) is 35.8 Å². The summed E-state index contributed by atoms with van der Waals surface area (Å²) < 4.78 is 0. The summed E-state index contributed by atoms with van der Waals surface area (Å²) in [7, 11) is 0. The molecule has 0 atom stereocenters. The molecule has 96 valence electrons. The normalized spacial score (nSPS) is 17.1. The third-order valence-electron chi connectivity index (χ3n) is 3.01. The highest BCUT2D eigenvalue weighted by atomic mass is 32.1. The van der Waals surface area contributed by atoms with Gasteiger partial charge in [0.05, 0.1) is 6.54 Å². The van der Waals surface area contributed by atoms with Gasteiger partial charge in [0.2, 0.25) is 0 Å². The standard InChI is InChI=1S/C13H23N3S/c1-11(2)7-14-8-12-9-15-13(17-12)10-16-5-3-4-6-16/h9,11,14H,3-8,10H2,1-2H3. The van der Waals surface area contributed by atoms with Crippen LogP contribution in [-0.4, -0.2) is 29.5 Å². The van der Waals surface area contributed by atoms with E-state index in [1.54, 1.807) is 0 Å². The number of aromatic nitrogens is 1. The molecular weight excluding hydrogens is 230 g/mol. The summed E-state index contributed by atoms with van der Waals surface area (Å²) in [6.45, 7) is 10.1. The molecule has 1 aromatic heterocycles. The Bertz CT molecular complexity index is 329. The van der Waals surface area contributed by atoms with E-state index in [4.69, 9.17) is 0 Å². The molecule has 0 bridgehead atoms. The smallest absolute Gasteiger partial charge is 0.107 e. The maximum Gasteiger partial charge on any atom is 0.107 e. The van der Waals surface area contributed by atoms with Crippen molar-refractivity contribution >= 4 is 11.3 Å². The van der Waals surface area contributed by atoms with Crippen LogP contribution in [0.1, 0.15) is 36.6 Å². The van der Waals surface area contributed by atoms with Gasteiger partial charge in [-0.1, -0.05) is 13.8 Å². The maximum absolute atomic E-state index is 4.51. The SMILES string of the molecule is CC(C)CNCc1cnc(CN2CCCC2)s1. The van der Waals surface area contributed by atoms with Crippen molar-refractivity contribution in [2.24, 2.45) is 5.92 Å². The Hall–Kier alpha value is -0.450. The van der Waals surface area contributed by atoms with Crippen molar-refractivity contribution in [3.63, 3.8) is 0 Å². The monoisotopic (exact) mass is 253 g/mol. The van der Waals surface area contributed by atoms with Crippen LogP contribution in [0.4, 0.5) is 0 Å². The highest BCUT2D eigenvalue weighted by Crippen LogP contribution is 2.17. The fourth-order valence-electron chi connectivity index (χ4n) is 2.12. The minimum atomic E-state index is 0.715. The van der Waals surface area contributed by atoms with Crippen molar-refractivity contribution in [1.29, 1.82) is 0 Å². The predicted molar refractivity (Wildman–Crippen MR) is 73.2 cm³/mol. The Kier molecular flexibility index (Phi) is 4.95. The minimum Gasteiger partial charge on any atom is -0.312 e. The summed E-state index contributed by atoms with van der Waals surface area (Å²) in [6, 6.07) is 0. The van der Waals surface area contributed by atoms with Crippen molar-refractivity contribution < 1.29 is 0 Å². The molecule has 0 spiro atoms. The first-order valence-corrected chi connectivity index (χ1v) is 7.42. The number of hydrogen-bond acceptors (Lipinski definition) is 4. The van der Waals surface area contributed by atoms with Gasteiger partial charge in [0.1, 0.15) is 5.01 Å². The fourth-order valence-corrected chi connectivity index (χ4v) is 3.05. The third-order valence-corrected chi connectivity index (χ3v) is 3.99. The number of hydrogen-bond donors (Lipinski definition) is 1. The number of thiazole rings is 1. The molecule has 4 heteroatoms. The lowest BCUT2D eigenvalue weighted by atomic mass is 10.2. The van der Waals surface area contributed by atoms with E-state index in [2.05, 4.69) is 29.0 Å². The van der Waals surface area contributed by atoms with Gasteiger partial charge in [0.15, 0.2) is 0 Å². The summed E-state index contributed by atoms with van der Waals surface area (Å²) in [5, 5.41) is 4.74. The van der Waals surface area contributed by atoms with Crippen molar-refractivity contribution in [3.8, 4) is 0 Å². The summed E-state index contributed by atoms with van der Waals surface area (Å²) >= 11 is 1.86. The van der Waals surface area contributed by atoms with E-state index in [0.717, 1.165) is 19.6 Å². The first-order valence-electron chi connectivity index (χ1n) is 6.60. The van der Waals surface area contributed by atoms with Gasteiger partial charge in [-0.15, -0.1) is 11.3 Å². The summed E-state index contributed by atoms with van der Waals surface area (Å²) in [5.41, 5.74) is 0. The first-order chi connectivity index (χ1) is 8.24. The Morgan fingerprint density at radius 3 is 2.88 bits per heavy atom. The molecule has 1 aliphatic rings. The lowest BCUT2D eigenvalue weighted by Crippen LogP contribution is -2.18. The van der Waals surface area contributed by atoms with Gasteiger partial charge in [-0.05, 0) is 38.4 Å². The van der Waals surface area contributed by atoms with Crippen LogP contribution in [-0.2, 0) is 13.1 Å². The molecule has 1 aromatic rings. The molecule has 0 unspecified atom stereocenters. The highest BCUT2D eigenvalue weighted by Gasteiger charge is 2.13. The van der Waals surface area contributed by atoms with Crippen LogP contribution in [0.5, 0.6) is 0 Å². The molecular formula is C13H23N3S. The molecule has 2 heterocycles. The van der Waals surface area contributed by atoms with Crippen molar-refractivity contribution in [2.75, 3.05) is 19.6 Å². The summed E-state index contributed by atoms with van der Waals surface area (Å²) in [6.07, 6.45) is 4.74. The van der Waals surface area contributed by atoms with E-state index in [0.29, 0.717) is 5.92 Å². The summed E-state index contributed by atoms with van der Waals surface area (Å²) in [4.78, 5) is 8.38.